The first kappa shape index (κ1) is 8.05. The summed E-state index contributed by atoms with van der Waals surface area (Å²) in [5, 5.41) is 9.28. The van der Waals surface area contributed by atoms with Crippen molar-refractivity contribution in [1.82, 2.24) is 0 Å². The molecule has 60 valence electrons. The van der Waals surface area contributed by atoms with Crippen LogP contribution >= 0.6 is 0 Å². The van der Waals surface area contributed by atoms with Gasteiger partial charge in [-0.25, -0.2) is 0 Å². The molecule has 1 aromatic rings. The van der Waals surface area contributed by atoms with E-state index >= 15 is 0 Å². The molecule has 0 aliphatic heterocycles. The maximum Gasteiger partial charge on any atom is 0.234 e. The molecule has 0 atom stereocenters. The normalized spacial score (nSPS) is 10.0. The van der Waals surface area contributed by atoms with Crippen molar-refractivity contribution in [3.63, 3.8) is 0 Å². The highest BCUT2D eigenvalue weighted by Gasteiger charge is 2.07. The number of hydrogen-bond donors (Lipinski definition) is 1. The highest BCUT2D eigenvalue weighted by atomic mass is 16.5. The topological polar surface area (TPSA) is 24.1 Å². The van der Waals surface area contributed by atoms with Crippen molar-refractivity contribution in [2.45, 2.75) is 26.7 Å². The number of rotatable bonds is 2. The zero-order valence-electron chi connectivity index (χ0n) is 7.04. The number of aromatic nitrogens is 1. The fourth-order valence-corrected chi connectivity index (χ4v) is 1.10. The molecule has 0 aromatic carbocycles. The van der Waals surface area contributed by atoms with Crippen molar-refractivity contribution in [2.24, 2.45) is 0 Å². The molecule has 0 radical (unpaired) electrons. The zero-order chi connectivity index (χ0) is 8.27. The molecule has 0 amide bonds. The summed E-state index contributed by atoms with van der Waals surface area (Å²) in [6.07, 6.45) is 3.67. The third kappa shape index (κ3) is 1.93. The van der Waals surface area contributed by atoms with Gasteiger partial charge in [0.25, 0.3) is 0 Å². The number of pyridine rings is 1. The number of hydrogen-bond acceptors (Lipinski definition) is 1. The summed E-state index contributed by atoms with van der Waals surface area (Å²) >= 11 is 0. The molecule has 1 heterocycles. The zero-order valence-corrected chi connectivity index (χ0v) is 7.04. The Morgan fingerprint density at radius 1 is 1.55 bits per heavy atom. The average Bonchev–Trinajstić information content (AvgIpc) is 1.98. The lowest BCUT2D eigenvalue weighted by molar-refractivity contribution is -0.909. The van der Waals surface area contributed by atoms with Gasteiger partial charge < -0.3 is 0 Å². The van der Waals surface area contributed by atoms with Crippen LogP contribution in [-0.2, 0) is 6.42 Å². The minimum absolute atomic E-state index is 0.929. The van der Waals surface area contributed by atoms with Gasteiger partial charge in [-0.1, -0.05) is 6.92 Å². The van der Waals surface area contributed by atoms with E-state index in [9.17, 15) is 5.21 Å². The van der Waals surface area contributed by atoms with E-state index in [0.29, 0.717) is 0 Å². The smallest absolute Gasteiger partial charge is 0.234 e. The van der Waals surface area contributed by atoms with E-state index in [-0.39, 0.29) is 0 Å². The van der Waals surface area contributed by atoms with Crippen LogP contribution in [0.5, 0.6) is 0 Å². The molecule has 0 fully saturated rings. The van der Waals surface area contributed by atoms with Gasteiger partial charge in [-0.3, -0.25) is 5.21 Å². The lowest BCUT2D eigenvalue weighted by Crippen LogP contribution is -2.34. The summed E-state index contributed by atoms with van der Waals surface area (Å²) in [6.45, 7) is 4.13. The second kappa shape index (κ2) is 3.37. The minimum atomic E-state index is 0.929. The van der Waals surface area contributed by atoms with E-state index in [0.717, 1.165) is 18.5 Å². The summed E-state index contributed by atoms with van der Waals surface area (Å²) in [5.74, 6) is 0. The molecule has 0 saturated heterocycles. The van der Waals surface area contributed by atoms with Crippen LogP contribution in [0.2, 0.25) is 0 Å². The highest BCUT2D eigenvalue weighted by molar-refractivity contribution is 5.09. The van der Waals surface area contributed by atoms with Crippen LogP contribution in [0.15, 0.2) is 18.3 Å². The monoisotopic (exact) mass is 152 g/mol. The van der Waals surface area contributed by atoms with E-state index in [4.69, 9.17) is 0 Å². The Bertz CT molecular complexity index is 245. The third-order valence-electron chi connectivity index (χ3n) is 1.67. The summed E-state index contributed by atoms with van der Waals surface area (Å²) in [4.78, 5) is 0. The van der Waals surface area contributed by atoms with Crippen molar-refractivity contribution in [3.05, 3.63) is 29.6 Å². The van der Waals surface area contributed by atoms with Gasteiger partial charge >= 0.3 is 0 Å². The molecular weight excluding hydrogens is 138 g/mol. The van der Waals surface area contributed by atoms with Gasteiger partial charge in [0, 0.05) is 23.3 Å². The summed E-state index contributed by atoms with van der Waals surface area (Å²) in [7, 11) is 0. The fourth-order valence-electron chi connectivity index (χ4n) is 1.10. The maximum atomic E-state index is 9.28. The Morgan fingerprint density at radius 2 is 2.27 bits per heavy atom. The summed E-state index contributed by atoms with van der Waals surface area (Å²) < 4.78 is 1.19. The first-order valence-electron chi connectivity index (χ1n) is 3.94. The molecule has 0 saturated carbocycles. The Kier molecular flexibility index (Phi) is 2.47. The van der Waals surface area contributed by atoms with E-state index in [2.05, 4.69) is 6.92 Å². The number of aryl methyl sites for hydroxylation is 2. The molecule has 2 heteroatoms. The molecular formula is C9H14NO+. The highest BCUT2D eigenvalue weighted by Crippen LogP contribution is 1.99. The van der Waals surface area contributed by atoms with Crippen LogP contribution in [-0.4, -0.2) is 5.21 Å². The van der Waals surface area contributed by atoms with Gasteiger partial charge in [-0.05, 0) is 18.9 Å². The SMILES string of the molecule is CCCc1cc(C)cc[n+]1O. The largest absolute Gasteiger partial charge is 0.285 e. The van der Waals surface area contributed by atoms with Crippen molar-refractivity contribution < 1.29 is 9.94 Å². The van der Waals surface area contributed by atoms with Crippen LogP contribution < -0.4 is 4.73 Å². The number of nitrogens with zero attached hydrogens (tertiary/aromatic N) is 1. The van der Waals surface area contributed by atoms with Crippen LogP contribution in [0.4, 0.5) is 0 Å². The van der Waals surface area contributed by atoms with Crippen molar-refractivity contribution in [1.29, 1.82) is 0 Å². The molecule has 0 aliphatic rings. The minimum Gasteiger partial charge on any atom is -0.285 e. The molecule has 1 aromatic heterocycles. The molecule has 11 heavy (non-hydrogen) atoms. The van der Waals surface area contributed by atoms with Crippen LogP contribution in [0, 0.1) is 6.92 Å². The molecule has 1 rings (SSSR count). The van der Waals surface area contributed by atoms with Crippen LogP contribution in [0.25, 0.3) is 0 Å². The standard InChI is InChI=1S/C9H14NO/c1-3-4-9-7-8(2)5-6-10(9)11/h5-7,11H,3-4H2,1-2H3/q+1. The van der Waals surface area contributed by atoms with Gasteiger partial charge in [0.2, 0.25) is 11.9 Å². The predicted octanol–water partition coefficient (Wildman–Crippen LogP) is 1.47. The molecule has 0 bridgehead atoms. The van der Waals surface area contributed by atoms with Gasteiger partial charge in [0.15, 0.2) is 0 Å². The second-order valence-electron chi connectivity index (χ2n) is 2.79. The predicted molar refractivity (Wildman–Crippen MR) is 42.6 cm³/mol. The molecule has 1 N–H and O–H groups in total. The van der Waals surface area contributed by atoms with Crippen LogP contribution in [0.1, 0.15) is 24.6 Å². The van der Waals surface area contributed by atoms with Gasteiger partial charge in [-0.15, -0.1) is 0 Å². The van der Waals surface area contributed by atoms with E-state index in [1.807, 2.05) is 19.1 Å². The second-order valence-corrected chi connectivity index (χ2v) is 2.79. The van der Waals surface area contributed by atoms with Crippen LogP contribution in [0.3, 0.4) is 0 Å². The maximum absolute atomic E-state index is 9.28. The van der Waals surface area contributed by atoms with Crippen molar-refractivity contribution >= 4 is 0 Å². The quantitative estimate of drug-likeness (QED) is 0.503. The van der Waals surface area contributed by atoms with Crippen molar-refractivity contribution in [3.8, 4) is 0 Å². The third-order valence-corrected chi connectivity index (χ3v) is 1.67. The van der Waals surface area contributed by atoms with E-state index < -0.39 is 0 Å². The van der Waals surface area contributed by atoms with Gasteiger partial charge in [0.1, 0.15) is 0 Å². The lowest BCUT2D eigenvalue weighted by atomic mass is 10.2. The average molecular weight is 152 g/mol. The Labute approximate surface area is 67.1 Å². The molecule has 0 unspecified atom stereocenters. The summed E-state index contributed by atoms with van der Waals surface area (Å²) in [6, 6.07) is 3.89. The Balaban J connectivity index is 2.93. The molecule has 0 aliphatic carbocycles. The Morgan fingerprint density at radius 3 is 2.91 bits per heavy atom. The van der Waals surface area contributed by atoms with Gasteiger partial charge in [-0.2, -0.15) is 0 Å². The summed E-state index contributed by atoms with van der Waals surface area (Å²) in [5.41, 5.74) is 2.17. The lowest BCUT2D eigenvalue weighted by Gasteiger charge is -1.94. The fraction of sp³-hybridized carbons (Fsp3) is 0.444. The first-order valence-corrected chi connectivity index (χ1v) is 3.94. The first-order chi connectivity index (χ1) is 5.24. The van der Waals surface area contributed by atoms with Gasteiger partial charge in [0.05, 0.1) is 0 Å². The van der Waals surface area contributed by atoms with Crippen molar-refractivity contribution in [2.75, 3.05) is 0 Å². The van der Waals surface area contributed by atoms with E-state index in [1.165, 1.54) is 10.3 Å². The van der Waals surface area contributed by atoms with E-state index in [1.54, 1.807) is 6.20 Å². The molecule has 2 nitrogen and oxygen atoms in total. The Hall–Kier alpha value is -1.05. The molecule has 0 spiro atoms.